The van der Waals surface area contributed by atoms with E-state index in [1.165, 1.54) is 0 Å². The van der Waals surface area contributed by atoms with Gasteiger partial charge in [0.15, 0.2) is 0 Å². The van der Waals surface area contributed by atoms with Crippen molar-refractivity contribution in [2.45, 2.75) is 65.6 Å². The van der Waals surface area contributed by atoms with Crippen LogP contribution in [0.1, 0.15) is 92.3 Å². The zero-order valence-corrected chi connectivity index (χ0v) is 26.2. The van der Waals surface area contributed by atoms with Crippen LogP contribution < -0.4 is 21.4 Å². The lowest BCUT2D eigenvalue weighted by Gasteiger charge is -2.08. The fraction of sp³-hybridized carbons (Fsp3) is 0.353. The molecule has 0 spiro atoms. The molecule has 46 heavy (non-hydrogen) atoms. The molecular weight excluding hydrogens is 592 g/mol. The van der Waals surface area contributed by atoms with Gasteiger partial charge in [0.05, 0.1) is 13.2 Å². The highest BCUT2D eigenvalue weighted by Gasteiger charge is 2.22. The number of fused-ring (bicyclic) bond motifs is 8. The molecule has 5 heterocycles. The van der Waals surface area contributed by atoms with Gasteiger partial charge in [0.25, 0.3) is 0 Å². The van der Waals surface area contributed by atoms with Crippen LogP contribution in [0.25, 0.3) is 24.3 Å². The standard InChI is InChI=1S/C34H40N4O8/c1-15-19(5-7-31(43)44)25-12-26-20(6-8-32(45)46)16(2)22(36-26)10-27-34(30(42)14-40)18(4)24(38-27)11-28-33(29(41)13-39)17(3)23(37-28)9-21(15)35-25/h9-12,29-30,35-42H,5-8,13-14H2,1-4H3,(H,43,44)(H,45,46). The second-order valence-corrected chi connectivity index (χ2v) is 11.9. The maximum atomic E-state index is 11.6. The van der Waals surface area contributed by atoms with Crippen LogP contribution in [0.3, 0.4) is 0 Å². The quantitative estimate of drug-likeness (QED) is 0.100. The molecule has 5 rings (SSSR count). The van der Waals surface area contributed by atoms with Crippen molar-refractivity contribution in [3.05, 3.63) is 88.7 Å². The molecule has 8 bridgehead atoms. The summed E-state index contributed by atoms with van der Waals surface area (Å²) >= 11 is 0. The highest BCUT2D eigenvalue weighted by molar-refractivity contribution is 5.70. The number of rotatable bonds is 10. The predicted molar refractivity (Wildman–Crippen MR) is 171 cm³/mol. The van der Waals surface area contributed by atoms with E-state index in [-0.39, 0.29) is 25.7 Å². The first-order valence-electron chi connectivity index (χ1n) is 15.1. The summed E-state index contributed by atoms with van der Waals surface area (Å²) in [6.07, 6.45) is 5.26. The first kappa shape index (κ1) is 32.8. The number of aromatic nitrogens is 4. The van der Waals surface area contributed by atoms with E-state index in [1.54, 1.807) is 12.2 Å². The van der Waals surface area contributed by atoms with E-state index in [1.807, 2.05) is 39.8 Å². The molecule has 1 aliphatic heterocycles. The Kier molecular flexibility index (Phi) is 9.27. The number of carboxylic acids is 2. The lowest BCUT2D eigenvalue weighted by molar-refractivity contribution is -0.138. The smallest absolute Gasteiger partial charge is 0.303 e. The number of nitrogens with one attached hydrogen (secondary N) is 4. The summed E-state index contributed by atoms with van der Waals surface area (Å²) in [6, 6.07) is 0. The minimum atomic E-state index is -1.20. The van der Waals surface area contributed by atoms with E-state index in [2.05, 4.69) is 19.9 Å². The van der Waals surface area contributed by atoms with Gasteiger partial charge in [-0.05, 0) is 98.2 Å². The van der Waals surface area contributed by atoms with Crippen LogP contribution >= 0.6 is 0 Å². The Morgan fingerprint density at radius 2 is 1.04 bits per heavy atom. The van der Waals surface area contributed by atoms with Crippen LogP contribution in [0, 0.1) is 27.7 Å². The second kappa shape index (κ2) is 13.0. The average Bonchev–Trinajstić information content (AvgIpc) is 3.67. The zero-order chi connectivity index (χ0) is 33.4. The number of aromatic amines is 4. The van der Waals surface area contributed by atoms with Gasteiger partial charge in [-0.25, -0.2) is 0 Å². The Hall–Kier alpha value is -4.62. The second-order valence-electron chi connectivity index (χ2n) is 11.9. The van der Waals surface area contributed by atoms with Gasteiger partial charge in [0.1, 0.15) is 12.2 Å². The van der Waals surface area contributed by atoms with E-state index in [4.69, 9.17) is 0 Å². The number of carboxylic acid groups (broad SMARTS) is 2. The molecule has 12 nitrogen and oxygen atoms in total. The number of aliphatic carboxylic acids is 2. The van der Waals surface area contributed by atoms with Crippen molar-refractivity contribution in [1.82, 2.24) is 19.9 Å². The lowest BCUT2D eigenvalue weighted by Crippen LogP contribution is -2.16. The van der Waals surface area contributed by atoms with Crippen molar-refractivity contribution in [3.63, 3.8) is 0 Å². The van der Waals surface area contributed by atoms with E-state index in [9.17, 15) is 40.2 Å². The normalized spacial score (nSPS) is 13.7. The average molecular weight is 633 g/mol. The topological polar surface area (TPSA) is 219 Å². The summed E-state index contributed by atoms with van der Waals surface area (Å²) < 4.78 is 0. The highest BCUT2D eigenvalue weighted by Crippen LogP contribution is 2.27. The van der Waals surface area contributed by atoms with Gasteiger partial charge < -0.3 is 50.6 Å². The Morgan fingerprint density at radius 3 is 1.67 bits per heavy atom. The van der Waals surface area contributed by atoms with Gasteiger partial charge in [0, 0.05) is 68.1 Å². The van der Waals surface area contributed by atoms with Crippen molar-refractivity contribution >= 4 is 36.2 Å². The van der Waals surface area contributed by atoms with Gasteiger partial charge in [-0.15, -0.1) is 0 Å². The fourth-order valence-electron chi connectivity index (χ4n) is 6.44. The Bertz CT molecular complexity index is 2070. The summed E-state index contributed by atoms with van der Waals surface area (Å²) in [5, 5.41) is 63.0. The Labute approximate surface area is 263 Å². The SMILES string of the molecule is Cc1c2[nH]c(c1CCC(=O)O)C=c1[nH]c(c(C)c1CCC(=O)O)=Cc1[nH]c(c(C(O)CO)c1C)C=c1[nH]c(c(C(O)CO)c1C)=C2. The van der Waals surface area contributed by atoms with Gasteiger partial charge >= 0.3 is 11.9 Å². The van der Waals surface area contributed by atoms with Gasteiger partial charge in [-0.3, -0.25) is 9.59 Å². The molecule has 4 aromatic rings. The third-order valence-corrected chi connectivity index (χ3v) is 8.98. The summed E-state index contributed by atoms with van der Waals surface area (Å²) in [5.74, 6) is -1.88. The van der Waals surface area contributed by atoms with E-state index < -0.39 is 37.4 Å². The monoisotopic (exact) mass is 632 g/mol. The maximum absolute atomic E-state index is 11.6. The van der Waals surface area contributed by atoms with Crippen LogP contribution in [0.5, 0.6) is 0 Å². The van der Waals surface area contributed by atoms with Crippen molar-refractivity contribution in [2.75, 3.05) is 13.2 Å². The Morgan fingerprint density at radius 1 is 0.565 bits per heavy atom. The number of H-pyrrole nitrogens is 4. The van der Waals surface area contributed by atoms with Crippen molar-refractivity contribution in [3.8, 4) is 0 Å². The third-order valence-electron chi connectivity index (χ3n) is 8.98. The molecule has 4 aromatic heterocycles. The molecule has 0 amide bonds. The van der Waals surface area contributed by atoms with Crippen LogP contribution in [0.4, 0.5) is 0 Å². The number of carbonyl (C=O) groups is 2. The van der Waals surface area contributed by atoms with Crippen LogP contribution in [-0.2, 0) is 22.4 Å². The fourth-order valence-corrected chi connectivity index (χ4v) is 6.44. The minimum absolute atomic E-state index is 0.0919. The number of aliphatic hydroxyl groups is 4. The van der Waals surface area contributed by atoms with Crippen molar-refractivity contribution in [2.24, 2.45) is 0 Å². The third kappa shape index (κ3) is 6.12. The van der Waals surface area contributed by atoms with Crippen LogP contribution in [-0.4, -0.2) is 75.7 Å². The van der Waals surface area contributed by atoms with E-state index in [0.717, 1.165) is 22.3 Å². The molecule has 244 valence electrons. The van der Waals surface area contributed by atoms with Gasteiger partial charge in [-0.1, -0.05) is 0 Å². The number of hydrogen-bond acceptors (Lipinski definition) is 6. The molecule has 0 aromatic carbocycles. The summed E-state index contributed by atoms with van der Waals surface area (Å²) in [5.41, 5.74) is 8.10. The summed E-state index contributed by atoms with van der Waals surface area (Å²) in [4.78, 5) is 36.7. The molecule has 12 heteroatoms. The van der Waals surface area contributed by atoms with E-state index >= 15 is 0 Å². The molecule has 0 fully saturated rings. The molecular formula is C34H40N4O8. The first-order chi connectivity index (χ1) is 21.8. The first-order valence-corrected chi connectivity index (χ1v) is 15.1. The molecule has 0 aliphatic carbocycles. The number of hydrogen-bond donors (Lipinski definition) is 10. The molecule has 1 aliphatic rings. The molecule has 0 radical (unpaired) electrons. The lowest BCUT2D eigenvalue weighted by atomic mass is 10.0. The van der Waals surface area contributed by atoms with Gasteiger partial charge in [0.2, 0.25) is 0 Å². The van der Waals surface area contributed by atoms with Crippen molar-refractivity contribution < 1.29 is 40.2 Å². The number of aliphatic hydroxyl groups excluding tert-OH is 4. The minimum Gasteiger partial charge on any atom is -0.481 e. The van der Waals surface area contributed by atoms with E-state index in [0.29, 0.717) is 66.4 Å². The summed E-state index contributed by atoms with van der Waals surface area (Å²) in [7, 11) is 0. The highest BCUT2D eigenvalue weighted by atomic mass is 16.4. The van der Waals surface area contributed by atoms with Crippen LogP contribution in [0.15, 0.2) is 0 Å². The largest absolute Gasteiger partial charge is 0.481 e. The van der Waals surface area contributed by atoms with Crippen LogP contribution in [0.2, 0.25) is 0 Å². The maximum Gasteiger partial charge on any atom is 0.303 e. The molecule has 0 saturated heterocycles. The molecule has 2 atom stereocenters. The predicted octanol–water partition coefficient (Wildman–Crippen LogP) is -0.0529. The summed E-state index contributed by atoms with van der Waals surface area (Å²) in [6.45, 7) is 6.41. The Balaban J connectivity index is 1.94. The zero-order valence-electron chi connectivity index (χ0n) is 26.2. The molecule has 2 unspecified atom stereocenters. The molecule has 0 saturated carbocycles. The van der Waals surface area contributed by atoms with Crippen molar-refractivity contribution in [1.29, 1.82) is 0 Å². The molecule has 10 N–H and O–H groups in total. The van der Waals surface area contributed by atoms with Gasteiger partial charge in [-0.2, -0.15) is 0 Å².